The Kier molecular flexibility index (Phi) is 4.42. The van der Waals surface area contributed by atoms with Crippen molar-refractivity contribution in [2.45, 2.75) is 0 Å². The molecule has 46 valence electrons. The molecule has 0 amide bonds. The molecule has 0 fully saturated rings. The molecular weight excluding hydrogens is 259 g/mol. The molecule has 9 heavy (non-hydrogen) atoms. The topological polar surface area (TPSA) is 20.2 Å². The molecule has 1 aromatic rings. The summed E-state index contributed by atoms with van der Waals surface area (Å²) in [5.74, 6) is 0.299. The summed E-state index contributed by atoms with van der Waals surface area (Å²) < 4.78 is 0.982. The summed E-state index contributed by atoms with van der Waals surface area (Å²) in [7, 11) is 0. The number of hydrogen-bond donors (Lipinski definition) is 1. The molecule has 0 saturated carbocycles. The van der Waals surface area contributed by atoms with Gasteiger partial charge in [0.25, 0.3) is 0 Å². The molecule has 0 aliphatic rings. The zero-order chi connectivity index (χ0) is 5.98. The number of hydrogen-bond acceptors (Lipinski definition) is 1. The van der Waals surface area contributed by atoms with Crippen molar-refractivity contribution < 1.29 is 31.3 Å². The Hall–Kier alpha value is 0.383. The van der Waals surface area contributed by atoms with Gasteiger partial charge in [0.2, 0.25) is 0 Å². The van der Waals surface area contributed by atoms with E-state index in [9.17, 15) is 0 Å². The second kappa shape index (κ2) is 4.24. The molecule has 0 aliphatic heterocycles. The van der Waals surface area contributed by atoms with Crippen LogP contribution in [-0.2, 0) is 26.2 Å². The Morgan fingerprint density at radius 1 is 1.11 bits per heavy atom. The molecule has 0 aromatic heterocycles. The van der Waals surface area contributed by atoms with Crippen molar-refractivity contribution in [3.05, 3.63) is 28.7 Å². The minimum absolute atomic E-state index is 0. The second-order valence-corrected chi connectivity index (χ2v) is 2.39. The van der Waals surface area contributed by atoms with Gasteiger partial charge in [-0.1, -0.05) is 15.9 Å². The summed E-state index contributed by atoms with van der Waals surface area (Å²) in [5.41, 5.74) is 0. The molecule has 0 heterocycles. The predicted octanol–water partition coefficient (Wildman–Crippen LogP) is 2.15. The van der Waals surface area contributed by atoms with Gasteiger partial charge in [0, 0.05) is 30.7 Å². The Bertz CT molecular complexity index is 152. The average molecular weight is 264 g/mol. The molecular formula is C6H5BrOZr. The Morgan fingerprint density at radius 3 is 1.89 bits per heavy atom. The van der Waals surface area contributed by atoms with Crippen molar-refractivity contribution in [2.24, 2.45) is 0 Å². The third kappa shape index (κ3) is 3.17. The maximum Gasteiger partial charge on any atom is 0.115 e. The fraction of sp³-hybridized carbons (Fsp3) is 0. The fourth-order valence-corrected chi connectivity index (χ4v) is 0.705. The van der Waals surface area contributed by atoms with Gasteiger partial charge in [0.1, 0.15) is 5.75 Å². The van der Waals surface area contributed by atoms with E-state index >= 15 is 0 Å². The molecule has 1 aromatic carbocycles. The van der Waals surface area contributed by atoms with E-state index in [1.165, 1.54) is 0 Å². The number of phenols is 1. The molecule has 0 saturated heterocycles. The van der Waals surface area contributed by atoms with Gasteiger partial charge in [0.05, 0.1) is 0 Å². The summed E-state index contributed by atoms with van der Waals surface area (Å²) in [6.45, 7) is 0. The van der Waals surface area contributed by atoms with Crippen LogP contribution in [0.15, 0.2) is 28.7 Å². The molecule has 1 rings (SSSR count). The van der Waals surface area contributed by atoms with Crippen LogP contribution in [0.25, 0.3) is 0 Å². The van der Waals surface area contributed by atoms with Gasteiger partial charge in [-0.3, -0.25) is 0 Å². The summed E-state index contributed by atoms with van der Waals surface area (Å²) in [6, 6.07) is 6.83. The predicted molar refractivity (Wildman–Crippen MR) is 35.8 cm³/mol. The molecule has 1 N–H and O–H groups in total. The molecule has 0 aliphatic carbocycles. The van der Waals surface area contributed by atoms with Gasteiger partial charge >= 0.3 is 0 Å². The normalized spacial score (nSPS) is 8.11. The standard InChI is InChI=1S/C6H5BrO.Zr/c7-5-1-3-6(8)4-2-5;/h1-4,8H;. The van der Waals surface area contributed by atoms with Gasteiger partial charge in [0.15, 0.2) is 0 Å². The summed E-state index contributed by atoms with van der Waals surface area (Å²) in [6.07, 6.45) is 0. The first kappa shape index (κ1) is 9.38. The van der Waals surface area contributed by atoms with Crippen molar-refractivity contribution >= 4 is 15.9 Å². The SMILES string of the molecule is Oc1ccc(Br)cc1.[Zr]. The van der Waals surface area contributed by atoms with E-state index < -0.39 is 0 Å². The van der Waals surface area contributed by atoms with Crippen molar-refractivity contribution in [2.75, 3.05) is 0 Å². The van der Waals surface area contributed by atoms with Crippen LogP contribution in [0.2, 0.25) is 0 Å². The van der Waals surface area contributed by atoms with Crippen LogP contribution in [0, 0.1) is 0 Å². The first-order valence-electron chi connectivity index (χ1n) is 2.23. The zero-order valence-electron chi connectivity index (χ0n) is 4.63. The van der Waals surface area contributed by atoms with Crippen LogP contribution in [-0.4, -0.2) is 5.11 Å². The molecule has 3 heteroatoms. The monoisotopic (exact) mass is 262 g/mol. The average Bonchev–Trinajstić information content (AvgIpc) is 1.77. The quantitative estimate of drug-likeness (QED) is 0.761. The van der Waals surface area contributed by atoms with Crippen molar-refractivity contribution in [1.82, 2.24) is 0 Å². The fourth-order valence-electron chi connectivity index (χ4n) is 0.441. The van der Waals surface area contributed by atoms with E-state index in [1.807, 2.05) is 0 Å². The van der Waals surface area contributed by atoms with Gasteiger partial charge < -0.3 is 5.11 Å². The smallest absolute Gasteiger partial charge is 0.115 e. The van der Waals surface area contributed by atoms with Crippen LogP contribution in [0.5, 0.6) is 5.75 Å². The van der Waals surface area contributed by atoms with E-state index in [2.05, 4.69) is 15.9 Å². The van der Waals surface area contributed by atoms with Gasteiger partial charge in [-0.2, -0.15) is 0 Å². The van der Waals surface area contributed by atoms with Crippen LogP contribution in [0.3, 0.4) is 0 Å². The largest absolute Gasteiger partial charge is 0.508 e. The molecule has 1 nitrogen and oxygen atoms in total. The summed E-state index contributed by atoms with van der Waals surface area (Å²) >= 11 is 3.23. The second-order valence-electron chi connectivity index (χ2n) is 1.48. The number of aromatic hydroxyl groups is 1. The van der Waals surface area contributed by atoms with Crippen LogP contribution in [0.4, 0.5) is 0 Å². The van der Waals surface area contributed by atoms with E-state index in [4.69, 9.17) is 5.11 Å². The van der Waals surface area contributed by atoms with E-state index in [1.54, 1.807) is 24.3 Å². The number of halogens is 1. The maximum atomic E-state index is 8.74. The van der Waals surface area contributed by atoms with Crippen molar-refractivity contribution in [1.29, 1.82) is 0 Å². The van der Waals surface area contributed by atoms with Gasteiger partial charge in [-0.25, -0.2) is 0 Å². The van der Waals surface area contributed by atoms with E-state index in [-0.39, 0.29) is 26.2 Å². The number of phenolic OH excluding ortho intramolecular Hbond substituents is 1. The Balaban J connectivity index is 0.000000640. The zero-order valence-corrected chi connectivity index (χ0v) is 8.68. The third-order valence-electron chi connectivity index (χ3n) is 0.827. The summed E-state index contributed by atoms with van der Waals surface area (Å²) in [4.78, 5) is 0. The molecule has 0 spiro atoms. The van der Waals surface area contributed by atoms with Crippen LogP contribution < -0.4 is 0 Å². The molecule has 0 atom stereocenters. The van der Waals surface area contributed by atoms with Crippen molar-refractivity contribution in [3.8, 4) is 5.75 Å². The maximum absolute atomic E-state index is 8.74. The Labute approximate surface area is 81.3 Å². The molecule has 0 radical (unpaired) electrons. The first-order chi connectivity index (χ1) is 3.79. The molecule has 0 unspecified atom stereocenters. The van der Waals surface area contributed by atoms with E-state index in [0.29, 0.717) is 5.75 Å². The first-order valence-corrected chi connectivity index (χ1v) is 3.03. The minimum atomic E-state index is 0. The minimum Gasteiger partial charge on any atom is -0.508 e. The molecule has 0 bridgehead atoms. The third-order valence-corrected chi connectivity index (χ3v) is 1.36. The Morgan fingerprint density at radius 2 is 1.56 bits per heavy atom. The number of benzene rings is 1. The van der Waals surface area contributed by atoms with Gasteiger partial charge in [-0.15, -0.1) is 0 Å². The van der Waals surface area contributed by atoms with Gasteiger partial charge in [-0.05, 0) is 24.3 Å². The van der Waals surface area contributed by atoms with Crippen LogP contribution in [0.1, 0.15) is 0 Å². The number of rotatable bonds is 0. The van der Waals surface area contributed by atoms with Crippen molar-refractivity contribution in [3.63, 3.8) is 0 Å². The van der Waals surface area contributed by atoms with Crippen LogP contribution >= 0.6 is 15.9 Å². The van der Waals surface area contributed by atoms with E-state index in [0.717, 1.165) is 4.47 Å². The summed E-state index contributed by atoms with van der Waals surface area (Å²) in [5, 5.41) is 8.74.